The normalized spacial score (nSPS) is 10.6. The maximum atomic E-state index is 13.9. The second-order valence-corrected chi connectivity index (χ2v) is 10.0. The van der Waals surface area contributed by atoms with Gasteiger partial charge < -0.3 is 20.1 Å². The summed E-state index contributed by atoms with van der Waals surface area (Å²) >= 11 is 6.26. The number of rotatable bonds is 13. The van der Waals surface area contributed by atoms with Crippen molar-refractivity contribution in [2.75, 3.05) is 19.7 Å². The Hall–Kier alpha value is -4.62. The van der Waals surface area contributed by atoms with Crippen molar-refractivity contribution in [3.8, 4) is 16.9 Å². The number of hydrogen-bond acceptors (Lipinski definition) is 4. The minimum Gasteiger partial charge on any atom is -0.494 e. The van der Waals surface area contributed by atoms with Crippen LogP contribution < -0.4 is 10.1 Å². The fourth-order valence-electron chi connectivity index (χ4n) is 4.63. The molecule has 42 heavy (non-hydrogen) atoms. The summed E-state index contributed by atoms with van der Waals surface area (Å²) in [7, 11) is 0. The number of ether oxygens (including phenoxy) is 1. The molecule has 0 fully saturated rings. The average molecular weight is 585 g/mol. The van der Waals surface area contributed by atoms with Gasteiger partial charge >= 0.3 is 5.97 Å². The van der Waals surface area contributed by atoms with Gasteiger partial charge in [-0.3, -0.25) is 14.4 Å². The smallest absolute Gasteiger partial charge is 0.305 e. The predicted octanol–water partition coefficient (Wildman–Crippen LogP) is 6.50. The van der Waals surface area contributed by atoms with Crippen molar-refractivity contribution in [3.63, 3.8) is 0 Å². The van der Waals surface area contributed by atoms with Gasteiger partial charge in [-0.05, 0) is 65.9 Å². The number of nitrogens with zero attached hydrogens (tertiary/aromatic N) is 1. The molecule has 0 saturated carbocycles. The maximum Gasteiger partial charge on any atom is 0.305 e. The summed E-state index contributed by atoms with van der Waals surface area (Å²) < 4.78 is 5.51. The summed E-state index contributed by atoms with van der Waals surface area (Å²) in [5, 5.41) is 12.8. The van der Waals surface area contributed by atoms with Gasteiger partial charge in [-0.25, -0.2) is 0 Å². The fraction of sp³-hybridized carbons (Fsp3) is 0.206. The fourth-order valence-corrected chi connectivity index (χ4v) is 4.83. The highest BCUT2D eigenvalue weighted by Gasteiger charge is 2.22. The Morgan fingerprint density at radius 2 is 1.43 bits per heavy atom. The van der Waals surface area contributed by atoms with Crippen LogP contribution in [-0.2, 0) is 17.8 Å². The third-order valence-electron chi connectivity index (χ3n) is 6.80. The Balaban J connectivity index is 1.58. The van der Waals surface area contributed by atoms with E-state index < -0.39 is 5.97 Å². The first-order valence-corrected chi connectivity index (χ1v) is 14.2. The molecule has 0 atom stereocenters. The Labute approximate surface area is 250 Å². The molecular formula is C34H33ClN2O5. The highest BCUT2D eigenvalue weighted by molar-refractivity contribution is 6.31. The van der Waals surface area contributed by atoms with Crippen molar-refractivity contribution in [1.82, 2.24) is 10.2 Å². The molecule has 0 saturated heterocycles. The van der Waals surface area contributed by atoms with Crippen LogP contribution >= 0.6 is 11.6 Å². The van der Waals surface area contributed by atoms with Gasteiger partial charge in [0.15, 0.2) is 0 Å². The first-order chi connectivity index (χ1) is 20.4. The molecule has 0 spiro atoms. The molecule has 0 aliphatic carbocycles. The van der Waals surface area contributed by atoms with Crippen LogP contribution in [0.3, 0.4) is 0 Å². The number of hydrogen-bond donors (Lipinski definition) is 2. The third-order valence-corrected chi connectivity index (χ3v) is 7.17. The molecule has 0 bridgehead atoms. The van der Waals surface area contributed by atoms with E-state index in [2.05, 4.69) is 5.32 Å². The quantitative estimate of drug-likeness (QED) is 0.187. The third kappa shape index (κ3) is 7.98. The van der Waals surface area contributed by atoms with E-state index in [-0.39, 0.29) is 31.3 Å². The second kappa shape index (κ2) is 14.8. The van der Waals surface area contributed by atoms with Crippen LogP contribution in [0.1, 0.15) is 45.2 Å². The van der Waals surface area contributed by atoms with Crippen LogP contribution in [0.5, 0.6) is 5.75 Å². The molecule has 0 aliphatic rings. The van der Waals surface area contributed by atoms with E-state index >= 15 is 0 Å². The van der Waals surface area contributed by atoms with E-state index in [0.29, 0.717) is 46.8 Å². The Bertz CT molecular complexity index is 1540. The van der Waals surface area contributed by atoms with Crippen molar-refractivity contribution >= 4 is 29.4 Å². The number of carboxylic acid groups (broad SMARTS) is 1. The zero-order valence-electron chi connectivity index (χ0n) is 23.4. The number of amides is 2. The molecule has 2 amide bonds. The number of benzene rings is 4. The van der Waals surface area contributed by atoms with Crippen LogP contribution in [0, 0.1) is 0 Å². The van der Waals surface area contributed by atoms with Gasteiger partial charge in [-0.1, -0.05) is 78.3 Å². The van der Waals surface area contributed by atoms with Crippen LogP contribution in [0.15, 0.2) is 97.1 Å². The first kappa shape index (κ1) is 30.3. The number of nitrogens with one attached hydrogen (secondary N) is 1. The number of halogens is 1. The molecule has 4 aromatic carbocycles. The van der Waals surface area contributed by atoms with Gasteiger partial charge in [-0.2, -0.15) is 0 Å². The molecule has 4 aromatic rings. The number of aliphatic carboxylic acids is 1. The van der Waals surface area contributed by atoms with E-state index in [0.717, 1.165) is 16.9 Å². The maximum absolute atomic E-state index is 13.9. The van der Waals surface area contributed by atoms with Crippen molar-refractivity contribution in [2.45, 2.75) is 26.3 Å². The summed E-state index contributed by atoms with van der Waals surface area (Å²) in [6.07, 6.45) is 0.360. The highest BCUT2D eigenvalue weighted by Crippen LogP contribution is 2.29. The van der Waals surface area contributed by atoms with Gasteiger partial charge in [0, 0.05) is 35.8 Å². The number of carboxylic acids is 1. The van der Waals surface area contributed by atoms with E-state index in [4.69, 9.17) is 16.3 Å². The summed E-state index contributed by atoms with van der Waals surface area (Å²) in [4.78, 5) is 40.2. The molecule has 0 radical (unpaired) electrons. The van der Waals surface area contributed by atoms with Gasteiger partial charge in [0.1, 0.15) is 5.75 Å². The van der Waals surface area contributed by atoms with E-state index in [9.17, 15) is 19.5 Å². The summed E-state index contributed by atoms with van der Waals surface area (Å²) in [6, 6.07) is 29.1. The molecule has 0 aromatic heterocycles. The lowest BCUT2D eigenvalue weighted by Crippen LogP contribution is -2.35. The molecule has 0 unspecified atom stereocenters. The van der Waals surface area contributed by atoms with Crippen LogP contribution in [-0.4, -0.2) is 47.5 Å². The molecule has 216 valence electrons. The Kier molecular flexibility index (Phi) is 10.7. The Morgan fingerprint density at radius 3 is 2.10 bits per heavy atom. The Morgan fingerprint density at radius 1 is 0.810 bits per heavy atom. The van der Waals surface area contributed by atoms with Gasteiger partial charge in [0.2, 0.25) is 0 Å². The molecule has 0 heterocycles. The van der Waals surface area contributed by atoms with Crippen molar-refractivity contribution in [2.24, 2.45) is 0 Å². The zero-order valence-corrected chi connectivity index (χ0v) is 24.1. The van der Waals surface area contributed by atoms with Gasteiger partial charge in [0.25, 0.3) is 11.8 Å². The summed E-state index contributed by atoms with van der Waals surface area (Å²) in [5.41, 5.74) is 3.79. The van der Waals surface area contributed by atoms with Crippen molar-refractivity contribution in [1.29, 1.82) is 0 Å². The number of carbonyl (C=O) groups is 3. The standard InChI is InChI=1S/C34H33ClN2O5/c1-2-42-26-17-15-24(16-18-26)19-21-37(22-20-32(38)39)34(41)30-13-7-5-11-28(30)27-10-4-6-12-29(27)33(40)36-23-25-9-3-8-14-31(25)35/h3-18H,2,19-23H2,1H3,(H,36,40)(H,38,39). The minimum atomic E-state index is -0.984. The number of carbonyl (C=O) groups excluding carboxylic acids is 2. The lowest BCUT2D eigenvalue weighted by Gasteiger charge is -2.24. The van der Waals surface area contributed by atoms with Gasteiger partial charge in [-0.15, -0.1) is 0 Å². The summed E-state index contributed by atoms with van der Waals surface area (Å²) in [6.45, 7) is 3.13. The topological polar surface area (TPSA) is 95.9 Å². The largest absolute Gasteiger partial charge is 0.494 e. The second-order valence-electron chi connectivity index (χ2n) is 9.63. The average Bonchev–Trinajstić information content (AvgIpc) is 3.01. The predicted molar refractivity (Wildman–Crippen MR) is 164 cm³/mol. The van der Waals surface area contributed by atoms with E-state index in [1.165, 1.54) is 0 Å². The molecule has 4 rings (SSSR count). The van der Waals surface area contributed by atoms with E-state index in [1.54, 1.807) is 47.4 Å². The molecule has 7 nitrogen and oxygen atoms in total. The first-order valence-electron chi connectivity index (χ1n) is 13.8. The van der Waals surface area contributed by atoms with Crippen LogP contribution in [0.2, 0.25) is 5.02 Å². The van der Waals surface area contributed by atoms with Crippen LogP contribution in [0.4, 0.5) is 0 Å². The van der Waals surface area contributed by atoms with Crippen molar-refractivity contribution in [3.05, 3.63) is 124 Å². The van der Waals surface area contributed by atoms with Crippen LogP contribution in [0.25, 0.3) is 11.1 Å². The van der Waals surface area contributed by atoms with E-state index in [1.807, 2.05) is 61.5 Å². The monoisotopic (exact) mass is 584 g/mol. The van der Waals surface area contributed by atoms with Crippen molar-refractivity contribution < 1.29 is 24.2 Å². The lowest BCUT2D eigenvalue weighted by molar-refractivity contribution is -0.137. The minimum absolute atomic E-state index is 0.0551. The molecule has 0 aliphatic heterocycles. The molecular weight excluding hydrogens is 552 g/mol. The SMILES string of the molecule is CCOc1ccc(CCN(CCC(=O)O)C(=O)c2ccccc2-c2ccccc2C(=O)NCc2ccccc2Cl)cc1. The zero-order chi connectivity index (χ0) is 29.9. The highest BCUT2D eigenvalue weighted by atomic mass is 35.5. The molecule has 2 N–H and O–H groups in total. The molecule has 8 heteroatoms. The summed E-state index contributed by atoms with van der Waals surface area (Å²) in [5.74, 6) is -0.818. The van der Waals surface area contributed by atoms with Gasteiger partial charge in [0.05, 0.1) is 13.0 Å². The lowest BCUT2D eigenvalue weighted by atomic mass is 9.94.